The van der Waals surface area contributed by atoms with Crippen molar-refractivity contribution in [3.8, 4) is 11.5 Å². The van der Waals surface area contributed by atoms with E-state index in [1.54, 1.807) is 20.3 Å². The van der Waals surface area contributed by atoms with E-state index in [2.05, 4.69) is 18.3 Å². The SMILES string of the molecule is CCCCC1(CC(=O)O)c2ccc(F)cc2CCC1CCNCCCc1ccc(OC)c(OC)c1. The molecule has 2 unspecified atom stereocenters. The van der Waals surface area contributed by atoms with Crippen molar-refractivity contribution in [2.24, 2.45) is 5.92 Å². The summed E-state index contributed by atoms with van der Waals surface area (Å²) in [7, 11) is 3.28. The lowest BCUT2D eigenvalue weighted by Crippen LogP contribution is -2.43. The summed E-state index contributed by atoms with van der Waals surface area (Å²) in [6.45, 7) is 3.88. The molecule has 0 aliphatic heterocycles. The van der Waals surface area contributed by atoms with Crippen molar-refractivity contribution < 1.29 is 23.8 Å². The maximum atomic E-state index is 13.9. The summed E-state index contributed by atoms with van der Waals surface area (Å²) in [4.78, 5) is 12.0. The summed E-state index contributed by atoms with van der Waals surface area (Å²) in [5.41, 5.74) is 2.83. The van der Waals surface area contributed by atoms with Crippen molar-refractivity contribution in [1.29, 1.82) is 0 Å². The maximum Gasteiger partial charge on any atom is 0.304 e. The first kappa shape index (κ1) is 27.0. The predicted octanol–water partition coefficient (Wildman–Crippen LogP) is 5.92. The molecular formula is C29H40FNO4. The average molecular weight is 486 g/mol. The van der Waals surface area contributed by atoms with Crippen LogP contribution in [0.4, 0.5) is 4.39 Å². The number of aryl methyl sites for hydroxylation is 2. The first-order chi connectivity index (χ1) is 16.9. The van der Waals surface area contributed by atoms with E-state index in [9.17, 15) is 14.3 Å². The topological polar surface area (TPSA) is 67.8 Å². The quantitative estimate of drug-likeness (QED) is 0.325. The highest BCUT2D eigenvalue weighted by molar-refractivity contribution is 5.69. The van der Waals surface area contributed by atoms with E-state index in [-0.39, 0.29) is 18.2 Å². The third kappa shape index (κ3) is 6.75. The zero-order valence-corrected chi connectivity index (χ0v) is 21.4. The minimum absolute atomic E-state index is 0.107. The Morgan fingerprint density at radius 3 is 2.63 bits per heavy atom. The lowest BCUT2D eigenvalue weighted by Gasteiger charge is -2.45. The molecule has 192 valence electrons. The molecule has 6 heteroatoms. The predicted molar refractivity (Wildman–Crippen MR) is 137 cm³/mol. The molecule has 35 heavy (non-hydrogen) atoms. The number of methoxy groups -OCH3 is 2. The van der Waals surface area contributed by atoms with Crippen molar-refractivity contribution in [2.75, 3.05) is 27.3 Å². The van der Waals surface area contributed by atoms with Crippen molar-refractivity contribution in [2.45, 2.75) is 70.1 Å². The number of benzene rings is 2. The Morgan fingerprint density at radius 2 is 1.91 bits per heavy atom. The third-order valence-corrected chi connectivity index (χ3v) is 7.53. The number of hydrogen-bond donors (Lipinski definition) is 2. The second-order valence-electron chi connectivity index (χ2n) is 9.70. The molecule has 0 saturated carbocycles. The molecule has 0 bridgehead atoms. The van der Waals surface area contributed by atoms with Gasteiger partial charge in [0.1, 0.15) is 5.82 Å². The molecule has 2 aromatic carbocycles. The fourth-order valence-corrected chi connectivity index (χ4v) is 5.79. The molecule has 2 aromatic rings. The van der Waals surface area contributed by atoms with Gasteiger partial charge in [0.05, 0.1) is 20.6 Å². The Bertz CT molecular complexity index is 979. The van der Waals surface area contributed by atoms with Crippen LogP contribution in [-0.2, 0) is 23.1 Å². The number of nitrogens with one attached hydrogen (secondary N) is 1. The van der Waals surface area contributed by atoms with Crippen LogP contribution >= 0.6 is 0 Å². The number of rotatable bonds is 14. The van der Waals surface area contributed by atoms with Crippen LogP contribution in [0.1, 0.15) is 68.6 Å². The first-order valence-electron chi connectivity index (χ1n) is 12.9. The first-order valence-corrected chi connectivity index (χ1v) is 12.9. The minimum atomic E-state index is -0.772. The summed E-state index contributed by atoms with van der Waals surface area (Å²) < 4.78 is 24.6. The third-order valence-electron chi connectivity index (χ3n) is 7.53. The number of carboxylic acids is 1. The molecule has 0 heterocycles. The second kappa shape index (κ2) is 12.9. The molecular weight excluding hydrogens is 445 g/mol. The van der Waals surface area contributed by atoms with Gasteiger partial charge in [0.2, 0.25) is 0 Å². The van der Waals surface area contributed by atoms with Crippen LogP contribution in [0, 0.1) is 11.7 Å². The van der Waals surface area contributed by atoms with Crippen molar-refractivity contribution in [3.63, 3.8) is 0 Å². The Kier molecular flexibility index (Phi) is 9.96. The lowest BCUT2D eigenvalue weighted by atomic mass is 9.58. The highest BCUT2D eigenvalue weighted by atomic mass is 19.1. The summed E-state index contributed by atoms with van der Waals surface area (Å²) in [6.07, 6.45) is 7.50. The van der Waals surface area contributed by atoms with Gasteiger partial charge in [0.15, 0.2) is 11.5 Å². The Hall–Kier alpha value is -2.60. The number of ether oxygens (including phenoxy) is 2. The van der Waals surface area contributed by atoms with Crippen LogP contribution < -0.4 is 14.8 Å². The zero-order valence-electron chi connectivity index (χ0n) is 21.4. The molecule has 2 N–H and O–H groups in total. The monoisotopic (exact) mass is 485 g/mol. The van der Waals surface area contributed by atoms with E-state index in [0.29, 0.717) is 0 Å². The lowest BCUT2D eigenvalue weighted by molar-refractivity contribution is -0.139. The smallest absolute Gasteiger partial charge is 0.304 e. The van der Waals surface area contributed by atoms with E-state index >= 15 is 0 Å². The fraction of sp³-hybridized carbons (Fsp3) is 0.552. The number of unbranched alkanes of at least 4 members (excludes halogenated alkanes) is 1. The van der Waals surface area contributed by atoms with Crippen LogP contribution in [0.25, 0.3) is 0 Å². The van der Waals surface area contributed by atoms with Crippen LogP contribution in [0.5, 0.6) is 11.5 Å². The number of carboxylic acid groups (broad SMARTS) is 1. The molecule has 0 saturated heterocycles. The standard InChI is InChI=1S/C29H40FNO4/c1-4-5-15-29(20-28(32)33)23(10-9-22-19-24(30)11-12-25(22)29)14-17-31-16-6-7-21-8-13-26(34-2)27(18-21)35-3/h8,11-13,18-19,23,31H,4-7,9-10,14-17,20H2,1-3H3,(H,32,33). The summed E-state index contributed by atoms with van der Waals surface area (Å²) in [5.74, 6) is 0.738. The molecule has 1 aliphatic rings. The Morgan fingerprint density at radius 1 is 1.11 bits per heavy atom. The minimum Gasteiger partial charge on any atom is -0.493 e. The van der Waals surface area contributed by atoms with Crippen LogP contribution in [0.2, 0.25) is 0 Å². The van der Waals surface area contributed by atoms with Crippen LogP contribution in [-0.4, -0.2) is 38.4 Å². The van der Waals surface area contributed by atoms with E-state index in [4.69, 9.17) is 9.47 Å². The van der Waals surface area contributed by atoms with E-state index in [1.165, 1.54) is 11.6 Å². The Labute approximate surface area is 209 Å². The van der Waals surface area contributed by atoms with E-state index in [0.717, 1.165) is 87.1 Å². The van der Waals surface area contributed by atoms with Gasteiger partial charge in [-0.2, -0.15) is 0 Å². The van der Waals surface area contributed by atoms with Gasteiger partial charge < -0.3 is 19.9 Å². The van der Waals surface area contributed by atoms with Crippen molar-refractivity contribution >= 4 is 5.97 Å². The summed E-state index contributed by atoms with van der Waals surface area (Å²) in [6, 6.07) is 11.0. The number of aliphatic carboxylic acids is 1. The summed E-state index contributed by atoms with van der Waals surface area (Å²) >= 11 is 0. The highest BCUT2D eigenvalue weighted by Crippen LogP contribution is 2.49. The van der Waals surface area contributed by atoms with Gasteiger partial charge in [-0.15, -0.1) is 0 Å². The number of halogens is 1. The van der Waals surface area contributed by atoms with Crippen LogP contribution in [0.15, 0.2) is 36.4 Å². The molecule has 0 amide bonds. The Balaban J connectivity index is 1.60. The molecule has 3 rings (SSSR count). The van der Waals surface area contributed by atoms with Crippen LogP contribution in [0.3, 0.4) is 0 Å². The maximum absolute atomic E-state index is 13.9. The van der Waals surface area contributed by atoms with E-state index < -0.39 is 11.4 Å². The van der Waals surface area contributed by atoms with Gasteiger partial charge in [0.25, 0.3) is 0 Å². The average Bonchev–Trinajstić information content (AvgIpc) is 2.85. The molecule has 5 nitrogen and oxygen atoms in total. The van der Waals surface area contributed by atoms with Gasteiger partial charge in [-0.25, -0.2) is 4.39 Å². The van der Waals surface area contributed by atoms with Gasteiger partial charge >= 0.3 is 5.97 Å². The molecule has 0 spiro atoms. The van der Waals surface area contributed by atoms with Gasteiger partial charge in [-0.3, -0.25) is 4.79 Å². The normalized spacial score (nSPS) is 19.3. The fourth-order valence-electron chi connectivity index (χ4n) is 5.79. The number of hydrogen-bond acceptors (Lipinski definition) is 4. The molecule has 0 radical (unpaired) electrons. The number of carbonyl (C=O) groups is 1. The van der Waals surface area contributed by atoms with E-state index in [1.807, 2.05) is 18.2 Å². The van der Waals surface area contributed by atoms with Gasteiger partial charge in [-0.1, -0.05) is 31.9 Å². The van der Waals surface area contributed by atoms with Gasteiger partial charge in [-0.05, 0) is 98.5 Å². The van der Waals surface area contributed by atoms with Gasteiger partial charge in [0, 0.05) is 5.41 Å². The molecule has 0 fully saturated rings. The number of fused-ring (bicyclic) bond motifs is 1. The second-order valence-corrected chi connectivity index (χ2v) is 9.70. The zero-order chi connectivity index (χ0) is 25.3. The highest BCUT2D eigenvalue weighted by Gasteiger charge is 2.44. The molecule has 1 aliphatic carbocycles. The van der Waals surface area contributed by atoms with Crippen molar-refractivity contribution in [3.05, 3.63) is 58.9 Å². The molecule has 0 aromatic heterocycles. The van der Waals surface area contributed by atoms with Crippen molar-refractivity contribution in [1.82, 2.24) is 5.32 Å². The largest absolute Gasteiger partial charge is 0.493 e. The molecule has 2 atom stereocenters. The summed E-state index contributed by atoms with van der Waals surface area (Å²) in [5, 5.41) is 13.4.